The van der Waals surface area contributed by atoms with Gasteiger partial charge in [-0.05, 0) is 49.9 Å². The van der Waals surface area contributed by atoms with Crippen molar-refractivity contribution >= 4 is 27.6 Å². The molecule has 5 heteroatoms. The van der Waals surface area contributed by atoms with E-state index in [1.807, 2.05) is 12.1 Å². The van der Waals surface area contributed by atoms with Crippen LogP contribution in [0.25, 0.3) is 0 Å². The molecule has 2 atom stereocenters. The number of benzene rings is 1. The Morgan fingerprint density at radius 3 is 2.85 bits per heavy atom. The molecule has 20 heavy (non-hydrogen) atoms. The molecule has 3 rings (SSSR count). The lowest BCUT2D eigenvalue weighted by Crippen LogP contribution is -2.55. The lowest BCUT2D eigenvalue weighted by molar-refractivity contribution is 0.0459. The first kappa shape index (κ1) is 13.9. The van der Waals surface area contributed by atoms with Crippen LogP contribution in [0, 0.1) is 0 Å². The number of hydrogen-bond acceptors (Lipinski definition) is 4. The maximum Gasteiger partial charge on any atom is 0.196 e. The Morgan fingerprint density at radius 2 is 2.15 bits per heavy atom. The van der Waals surface area contributed by atoms with E-state index in [-0.39, 0.29) is 5.54 Å². The van der Waals surface area contributed by atoms with Crippen LogP contribution in [0.5, 0.6) is 0 Å². The van der Waals surface area contributed by atoms with Crippen LogP contribution in [-0.4, -0.2) is 31.3 Å². The molecule has 1 aliphatic heterocycles. The maximum absolute atomic E-state index is 6.16. The molecule has 1 heterocycles. The molecule has 0 bridgehead atoms. The SMILES string of the molecule is COC1CCCC2(CN=C(N)N2c2ccc(Br)cc2)C1. The van der Waals surface area contributed by atoms with Gasteiger partial charge in [0.2, 0.25) is 0 Å². The number of anilines is 1. The van der Waals surface area contributed by atoms with Crippen molar-refractivity contribution in [2.45, 2.75) is 37.3 Å². The van der Waals surface area contributed by atoms with Crippen LogP contribution < -0.4 is 10.6 Å². The highest BCUT2D eigenvalue weighted by molar-refractivity contribution is 9.10. The van der Waals surface area contributed by atoms with Gasteiger partial charge in [0, 0.05) is 17.3 Å². The molecule has 1 aromatic carbocycles. The second-order valence-corrected chi connectivity index (χ2v) is 6.58. The van der Waals surface area contributed by atoms with E-state index in [0.29, 0.717) is 12.1 Å². The molecule has 2 N–H and O–H groups in total. The molecule has 0 saturated heterocycles. The summed E-state index contributed by atoms with van der Waals surface area (Å²) >= 11 is 3.48. The van der Waals surface area contributed by atoms with E-state index in [0.717, 1.165) is 42.4 Å². The summed E-state index contributed by atoms with van der Waals surface area (Å²) < 4.78 is 6.66. The molecule has 2 aliphatic rings. The van der Waals surface area contributed by atoms with E-state index < -0.39 is 0 Å². The molecule has 0 amide bonds. The number of hydrogen-bond donors (Lipinski definition) is 1. The molecule has 0 radical (unpaired) electrons. The van der Waals surface area contributed by atoms with Crippen LogP contribution in [0.15, 0.2) is 33.7 Å². The van der Waals surface area contributed by atoms with Crippen molar-refractivity contribution in [3.05, 3.63) is 28.7 Å². The van der Waals surface area contributed by atoms with E-state index in [1.165, 1.54) is 0 Å². The summed E-state index contributed by atoms with van der Waals surface area (Å²) in [6.45, 7) is 0.773. The van der Waals surface area contributed by atoms with E-state index in [9.17, 15) is 0 Å². The Kier molecular flexibility index (Phi) is 3.73. The fourth-order valence-corrected chi connectivity index (χ4v) is 3.71. The van der Waals surface area contributed by atoms with Gasteiger partial charge in [-0.25, -0.2) is 0 Å². The van der Waals surface area contributed by atoms with E-state index in [1.54, 1.807) is 7.11 Å². The summed E-state index contributed by atoms with van der Waals surface area (Å²) in [7, 11) is 1.80. The number of aliphatic imine (C=N–C) groups is 1. The second-order valence-electron chi connectivity index (χ2n) is 5.66. The van der Waals surface area contributed by atoms with Crippen molar-refractivity contribution in [3.63, 3.8) is 0 Å². The van der Waals surface area contributed by atoms with Crippen molar-refractivity contribution in [2.24, 2.45) is 10.7 Å². The van der Waals surface area contributed by atoms with Crippen molar-refractivity contribution in [2.75, 3.05) is 18.6 Å². The molecule has 1 aromatic rings. The zero-order valence-corrected chi connectivity index (χ0v) is 13.3. The summed E-state index contributed by atoms with van der Waals surface area (Å²) in [5.74, 6) is 0.629. The normalized spacial score (nSPS) is 29.8. The van der Waals surface area contributed by atoms with Crippen LogP contribution in [0.4, 0.5) is 5.69 Å². The van der Waals surface area contributed by atoms with Crippen molar-refractivity contribution in [1.82, 2.24) is 0 Å². The van der Waals surface area contributed by atoms with Crippen LogP contribution in [-0.2, 0) is 4.74 Å². The van der Waals surface area contributed by atoms with Gasteiger partial charge in [0.1, 0.15) is 0 Å². The van der Waals surface area contributed by atoms with Crippen LogP contribution >= 0.6 is 15.9 Å². The highest BCUT2D eigenvalue weighted by Crippen LogP contribution is 2.40. The highest BCUT2D eigenvalue weighted by Gasteiger charge is 2.46. The zero-order valence-electron chi connectivity index (χ0n) is 11.7. The van der Waals surface area contributed by atoms with Crippen molar-refractivity contribution < 1.29 is 4.74 Å². The Morgan fingerprint density at radius 1 is 1.40 bits per heavy atom. The molecular weight excluding hydrogens is 318 g/mol. The molecule has 108 valence electrons. The minimum atomic E-state index is -0.00314. The zero-order chi connectivity index (χ0) is 14.2. The molecule has 1 fully saturated rings. The number of ether oxygens (including phenoxy) is 1. The molecule has 1 saturated carbocycles. The van der Waals surface area contributed by atoms with Gasteiger partial charge in [-0.3, -0.25) is 4.99 Å². The Hall–Kier alpha value is -1.07. The largest absolute Gasteiger partial charge is 0.381 e. The molecular formula is C15H20BrN3O. The van der Waals surface area contributed by atoms with Gasteiger partial charge in [-0.1, -0.05) is 15.9 Å². The number of nitrogens with zero attached hydrogens (tertiary/aromatic N) is 2. The Bertz CT molecular complexity index is 516. The minimum Gasteiger partial charge on any atom is -0.381 e. The monoisotopic (exact) mass is 337 g/mol. The number of halogens is 1. The third kappa shape index (κ3) is 2.33. The lowest BCUT2D eigenvalue weighted by Gasteiger charge is -2.44. The third-order valence-corrected chi connectivity index (χ3v) is 4.96. The quantitative estimate of drug-likeness (QED) is 0.902. The lowest BCUT2D eigenvalue weighted by atomic mass is 9.79. The van der Waals surface area contributed by atoms with Crippen LogP contribution in [0.1, 0.15) is 25.7 Å². The molecule has 2 unspecified atom stereocenters. The summed E-state index contributed by atoms with van der Waals surface area (Å²) in [6, 6.07) is 8.28. The Labute approximate surface area is 128 Å². The van der Waals surface area contributed by atoms with Gasteiger partial charge in [-0.2, -0.15) is 0 Å². The van der Waals surface area contributed by atoms with Gasteiger partial charge in [-0.15, -0.1) is 0 Å². The summed E-state index contributed by atoms with van der Waals surface area (Å²) in [5.41, 5.74) is 7.28. The average Bonchev–Trinajstić information content (AvgIpc) is 2.77. The number of methoxy groups -OCH3 is 1. The molecule has 4 nitrogen and oxygen atoms in total. The van der Waals surface area contributed by atoms with Crippen LogP contribution in [0.2, 0.25) is 0 Å². The fraction of sp³-hybridized carbons (Fsp3) is 0.533. The van der Waals surface area contributed by atoms with Gasteiger partial charge < -0.3 is 15.4 Å². The first-order valence-corrected chi connectivity index (χ1v) is 7.82. The summed E-state index contributed by atoms with van der Waals surface area (Å²) in [5, 5.41) is 0. The predicted molar refractivity (Wildman–Crippen MR) is 85.1 cm³/mol. The predicted octanol–water partition coefficient (Wildman–Crippen LogP) is 2.91. The smallest absolute Gasteiger partial charge is 0.196 e. The van der Waals surface area contributed by atoms with Crippen LogP contribution in [0.3, 0.4) is 0 Å². The molecule has 1 aliphatic carbocycles. The number of rotatable bonds is 2. The highest BCUT2D eigenvalue weighted by atomic mass is 79.9. The van der Waals surface area contributed by atoms with Crippen molar-refractivity contribution in [3.8, 4) is 0 Å². The number of nitrogens with two attached hydrogens (primary N) is 1. The first-order chi connectivity index (χ1) is 9.64. The van der Waals surface area contributed by atoms with E-state index in [2.05, 4.69) is 38.0 Å². The summed E-state index contributed by atoms with van der Waals surface area (Å²) in [6.07, 6.45) is 4.71. The van der Waals surface area contributed by atoms with E-state index >= 15 is 0 Å². The average molecular weight is 338 g/mol. The van der Waals surface area contributed by atoms with Crippen molar-refractivity contribution in [1.29, 1.82) is 0 Å². The summed E-state index contributed by atoms with van der Waals surface area (Å²) in [4.78, 5) is 6.73. The maximum atomic E-state index is 6.16. The molecule has 1 spiro atoms. The molecule has 0 aromatic heterocycles. The van der Waals surface area contributed by atoms with E-state index in [4.69, 9.17) is 10.5 Å². The second kappa shape index (κ2) is 5.37. The number of guanidine groups is 1. The van der Waals surface area contributed by atoms with Gasteiger partial charge >= 0.3 is 0 Å². The minimum absolute atomic E-state index is 0.00314. The Balaban J connectivity index is 1.93. The van der Waals surface area contributed by atoms with Gasteiger partial charge in [0.05, 0.1) is 18.2 Å². The topological polar surface area (TPSA) is 50.9 Å². The standard InChI is InChI=1S/C15H20BrN3O/c1-20-13-3-2-8-15(9-13)10-18-14(17)19(15)12-6-4-11(16)5-7-12/h4-7,13H,2-3,8-10H2,1H3,(H2,17,18). The van der Waals surface area contributed by atoms with Gasteiger partial charge in [0.15, 0.2) is 5.96 Å². The first-order valence-electron chi connectivity index (χ1n) is 7.03. The fourth-order valence-electron chi connectivity index (χ4n) is 3.44. The van der Waals surface area contributed by atoms with Gasteiger partial charge in [0.25, 0.3) is 0 Å². The third-order valence-electron chi connectivity index (χ3n) is 4.43.